The lowest BCUT2D eigenvalue weighted by Crippen LogP contribution is -2.40. The Hall–Kier alpha value is -4.96. The zero-order valence-electron chi connectivity index (χ0n) is 21.2. The van der Waals surface area contributed by atoms with E-state index in [1.807, 2.05) is 9.80 Å². The minimum Gasteiger partial charge on any atom is -0.450 e. The van der Waals surface area contributed by atoms with Crippen molar-refractivity contribution in [2.75, 3.05) is 67.8 Å². The van der Waals surface area contributed by atoms with Gasteiger partial charge in [-0.3, -0.25) is 20.2 Å². The molecule has 2 aliphatic rings. The molecule has 0 bridgehead atoms. The molecule has 16 heteroatoms. The maximum Gasteiger partial charge on any atom is 0.318 e. The molecular weight excluding hydrogens is 526 g/mol. The topological polar surface area (TPSA) is 184 Å². The minimum atomic E-state index is -0.734. The Labute approximate surface area is 227 Å². The maximum absolute atomic E-state index is 11.4. The lowest BCUT2D eigenvalue weighted by Gasteiger charge is -2.30. The third kappa shape index (κ3) is 6.54. The van der Waals surface area contributed by atoms with Crippen molar-refractivity contribution >= 4 is 35.4 Å². The van der Waals surface area contributed by atoms with Crippen molar-refractivity contribution in [2.45, 2.75) is 0 Å². The molecule has 0 spiro atoms. The number of nitrogens with one attached hydrogen (secondary N) is 1. The van der Waals surface area contributed by atoms with Crippen molar-refractivity contribution in [3.8, 4) is 11.5 Å². The molecule has 5 rings (SSSR count). The molecule has 0 saturated carbocycles. The highest BCUT2D eigenvalue weighted by atomic mass is 16.6. The SMILES string of the molecule is O=[N+]([O-])c1ccc(Oc2cccc(C=NNc3nc(N4CCOCC4)nc(N4CCOCC4)n3)c2)c([N+](=O)[O-])c1. The standard InChI is InChI=1S/C24H25N9O7/c34-32(35)18-4-5-21(20(15-18)33(36)37)40-19-3-1-2-17(14-19)16-25-29-22-26-23(30-6-10-38-11-7-30)28-24(27-22)31-8-12-39-13-9-31/h1-5,14-16H,6-13H2,(H,26,27,28,29). The second-order valence-electron chi connectivity index (χ2n) is 8.67. The fourth-order valence-corrected chi connectivity index (χ4v) is 4.01. The molecule has 0 atom stereocenters. The highest BCUT2D eigenvalue weighted by Gasteiger charge is 2.22. The molecule has 0 aliphatic carbocycles. The van der Waals surface area contributed by atoms with Crippen molar-refractivity contribution < 1.29 is 24.1 Å². The average Bonchev–Trinajstić information content (AvgIpc) is 2.98. The summed E-state index contributed by atoms with van der Waals surface area (Å²) < 4.78 is 16.6. The number of hydrogen-bond acceptors (Lipinski definition) is 14. The number of nitro groups is 2. The first kappa shape index (κ1) is 26.6. The Balaban J connectivity index is 1.32. The first-order valence-corrected chi connectivity index (χ1v) is 12.4. The normalized spacial score (nSPS) is 15.7. The summed E-state index contributed by atoms with van der Waals surface area (Å²) in [5.74, 6) is 1.47. The summed E-state index contributed by atoms with van der Waals surface area (Å²) in [5.41, 5.74) is 2.55. The Morgan fingerprint density at radius 2 is 1.52 bits per heavy atom. The molecule has 0 radical (unpaired) electrons. The third-order valence-electron chi connectivity index (χ3n) is 6.01. The molecule has 2 fully saturated rings. The van der Waals surface area contributed by atoms with Crippen LogP contribution in [-0.2, 0) is 9.47 Å². The van der Waals surface area contributed by atoms with Crippen LogP contribution in [0.1, 0.15) is 5.56 Å². The van der Waals surface area contributed by atoms with E-state index in [4.69, 9.17) is 14.2 Å². The van der Waals surface area contributed by atoms with Crippen LogP contribution < -0.4 is 20.0 Å². The Morgan fingerprint density at radius 1 is 0.875 bits per heavy atom. The quantitative estimate of drug-likeness (QED) is 0.233. The monoisotopic (exact) mass is 551 g/mol. The van der Waals surface area contributed by atoms with E-state index >= 15 is 0 Å². The number of hydrazone groups is 1. The van der Waals surface area contributed by atoms with Crippen LogP contribution in [0.5, 0.6) is 11.5 Å². The number of nitro benzene ring substituents is 2. The summed E-state index contributed by atoms with van der Waals surface area (Å²) in [6.07, 6.45) is 1.52. The molecule has 40 heavy (non-hydrogen) atoms. The minimum absolute atomic E-state index is 0.126. The summed E-state index contributed by atoms with van der Waals surface area (Å²) >= 11 is 0. The first-order valence-electron chi connectivity index (χ1n) is 12.4. The van der Waals surface area contributed by atoms with Crippen molar-refractivity contribution in [2.24, 2.45) is 5.10 Å². The van der Waals surface area contributed by atoms with Crippen molar-refractivity contribution in [3.63, 3.8) is 0 Å². The summed E-state index contributed by atoms with van der Waals surface area (Å²) in [6, 6.07) is 9.85. The zero-order chi connectivity index (χ0) is 27.9. The zero-order valence-corrected chi connectivity index (χ0v) is 21.2. The van der Waals surface area contributed by atoms with Gasteiger partial charge in [0.2, 0.25) is 23.6 Å². The number of morpholine rings is 2. The van der Waals surface area contributed by atoms with Gasteiger partial charge in [-0.25, -0.2) is 5.43 Å². The van der Waals surface area contributed by atoms with E-state index in [1.165, 1.54) is 12.3 Å². The number of rotatable bonds is 9. The van der Waals surface area contributed by atoms with E-state index in [1.54, 1.807) is 24.3 Å². The Bertz CT molecular complexity index is 1370. The molecule has 3 aromatic rings. The van der Waals surface area contributed by atoms with E-state index < -0.39 is 21.2 Å². The van der Waals surface area contributed by atoms with Gasteiger partial charge in [-0.2, -0.15) is 20.1 Å². The number of nitrogens with zero attached hydrogens (tertiary/aromatic N) is 8. The average molecular weight is 552 g/mol. The molecule has 2 aliphatic heterocycles. The molecule has 2 aromatic carbocycles. The Kier molecular flexibility index (Phi) is 8.17. The highest BCUT2D eigenvalue weighted by molar-refractivity contribution is 5.80. The van der Waals surface area contributed by atoms with Gasteiger partial charge in [0.25, 0.3) is 5.69 Å². The van der Waals surface area contributed by atoms with E-state index in [0.717, 1.165) is 12.1 Å². The third-order valence-corrected chi connectivity index (χ3v) is 6.01. The van der Waals surface area contributed by atoms with Crippen molar-refractivity contribution in [1.82, 2.24) is 15.0 Å². The molecule has 208 valence electrons. The summed E-state index contributed by atoms with van der Waals surface area (Å²) in [7, 11) is 0. The van der Waals surface area contributed by atoms with Gasteiger partial charge in [0.05, 0.1) is 48.6 Å². The molecule has 2 saturated heterocycles. The van der Waals surface area contributed by atoms with E-state index in [-0.39, 0.29) is 17.4 Å². The predicted octanol–water partition coefficient (Wildman–Crippen LogP) is 2.60. The van der Waals surface area contributed by atoms with Crippen LogP contribution in [0.2, 0.25) is 0 Å². The number of benzene rings is 2. The molecule has 0 unspecified atom stereocenters. The van der Waals surface area contributed by atoms with Crippen molar-refractivity contribution in [1.29, 1.82) is 0 Å². The Morgan fingerprint density at radius 3 is 2.12 bits per heavy atom. The smallest absolute Gasteiger partial charge is 0.318 e. The maximum atomic E-state index is 11.4. The van der Waals surface area contributed by atoms with E-state index in [0.29, 0.717) is 70.1 Å². The lowest BCUT2D eigenvalue weighted by molar-refractivity contribution is -0.394. The van der Waals surface area contributed by atoms with Gasteiger partial charge in [-0.05, 0) is 23.8 Å². The van der Waals surface area contributed by atoms with E-state index in [9.17, 15) is 20.2 Å². The van der Waals surface area contributed by atoms with Crippen LogP contribution in [-0.4, -0.2) is 83.6 Å². The summed E-state index contributed by atoms with van der Waals surface area (Å²) in [5, 5.41) is 26.7. The predicted molar refractivity (Wildman–Crippen MR) is 143 cm³/mol. The van der Waals surface area contributed by atoms with Crippen LogP contribution in [0.3, 0.4) is 0 Å². The number of anilines is 3. The molecular formula is C24H25N9O7. The number of aromatic nitrogens is 3. The van der Waals surface area contributed by atoms with Crippen molar-refractivity contribution in [3.05, 3.63) is 68.3 Å². The van der Waals surface area contributed by atoms with Crippen LogP contribution >= 0.6 is 0 Å². The first-order chi connectivity index (χ1) is 19.5. The second kappa shape index (κ2) is 12.3. The lowest BCUT2D eigenvalue weighted by atomic mass is 10.2. The molecule has 16 nitrogen and oxygen atoms in total. The van der Waals surface area contributed by atoms with Gasteiger partial charge in [0, 0.05) is 32.2 Å². The van der Waals surface area contributed by atoms with Crippen LogP contribution in [0.25, 0.3) is 0 Å². The fourth-order valence-electron chi connectivity index (χ4n) is 4.01. The van der Waals surface area contributed by atoms with Gasteiger partial charge in [0.15, 0.2) is 0 Å². The largest absolute Gasteiger partial charge is 0.450 e. The second-order valence-corrected chi connectivity index (χ2v) is 8.67. The van der Waals surface area contributed by atoms with Crippen LogP contribution in [0, 0.1) is 20.2 Å². The summed E-state index contributed by atoms with van der Waals surface area (Å²) in [6.45, 7) is 4.98. The molecule has 3 heterocycles. The highest BCUT2D eigenvalue weighted by Crippen LogP contribution is 2.34. The van der Waals surface area contributed by atoms with Crippen LogP contribution in [0.4, 0.5) is 29.2 Å². The number of non-ortho nitro benzene ring substituents is 1. The van der Waals surface area contributed by atoms with Gasteiger partial charge in [-0.15, -0.1) is 0 Å². The van der Waals surface area contributed by atoms with Gasteiger partial charge >= 0.3 is 5.69 Å². The summed E-state index contributed by atoms with van der Waals surface area (Å²) in [4.78, 5) is 38.7. The molecule has 1 N–H and O–H groups in total. The van der Waals surface area contributed by atoms with Gasteiger partial charge in [-0.1, -0.05) is 12.1 Å². The number of hydrogen-bond donors (Lipinski definition) is 1. The molecule has 1 aromatic heterocycles. The van der Waals surface area contributed by atoms with Gasteiger partial charge in [0.1, 0.15) is 5.75 Å². The molecule has 0 amide bonds. The van der Waals surface area contributed by atoms with E-state index in [2.05, 4.69) is 25.5 Å². The van der Waals surface area contributed by atoms with Crippen LogP contribution in [0.15, 0.2) is 47.6 Å². The van der Waals surface area contributed by atoms with Gasteiger partial charge < -0.3 is 24.0 Å². The fraction of sp³-hybridized carbons (Fsp3) is 0.333. The number of ether oxygens (including phenoxy) is 3.